The first-order valence-electron chi connectivity index (χ1n) is 4.10. The van der Waals surface area contributed by atoms with Crippen LogP contribution in [0.25, 0.3) is 0 Å². The summed E-state index contributed by atoms with van der Waals surface area (Å²) < 4.78 is 12.5. The molecule has 0 atom stereocenters. The van der Waals surface area contributed by atoms with E-state index in [1.165, 1.54) is 23.9 Å². The lowest BCUT2D eigenvalue weighted by atomic mass is 10.3. The predicted molar refractivity (Wildman–Crippen MR) is 49.8 cm³/mol. The smallest absolute Gasteiger partial charge is 0.124 e. The Bertz CT molecular complexity index is 365. The SMILES string of the molecule is N#CC1(Sc2cccc(F)c2)CC1. The molecule has 2 rings (SSSR count). The number of nitriles is 1. The molecule has 66 valence electrons. The predicted octanol–water partition coefficient (Wildman–Crippen LogP) is 2.97. The number of benzene rings is 1. The van der Waals surface area contributed by atoms with Crippen LogP contribution in [-0.4, -0.2) is 4.75 Å². The van der Waals surface area contributed by atoms with Crippen molar-refractivity contribution in [2.45, 2.75) is 22.5 Å². The van der Waals surface area contributed by atoms with Crippen molar-refractivity contribution in [2.75, 3.05) is 0 Å². The largest absolute Gasteiger partial charge is 0.207 e. The molecule has 0 aromatic heterocycles. The Morgan fingerprint density at radius 3 is 2.77 bits per heavy atom. The van der Waals surface area contributed by atoms with Crippen LogP contribution in [0.3, 0.4) is 0 Å². The van der Waals surface area contributed by atoms with Crippen LogP contribution in [0.2, 0.25) is 0 Å². The van der Waals surface area contributed by atoms with E-state index in [1.807, 2.05) is 6.07 Å². The molecule has 1 aromatic rings. The van der Waals surface area contributed by atoms with Crippen molar-refractivity contribution in [1.29, 1.82) is 5.26 Å². The average molecular weight is 193 g/mol. The van der Waals surface area contributed by atoms with Gasteiger partial charge in [0.25, 0.3) is 0 Å². The number of halogens is 1. The standard InChI is InChI=1S/C10H8FNS/c11-8-2-1-3-9(6-8)13-10(7-12)4-5-10/h1-3,6H,4-5H2. The summed E-state index contributed by atoms with van der Waals surface area (Å²) in [5, 5.41) is 8.82. The molecule has 0 heterocycles. The van der Waals surface area contributed by atoms with Gasteiger partial charge in [0.2, 0.25) is 0 Å². The van der Waals surface area contributed by atoms with Crippen LogP contribution in [-0.2, 0) is 0 Å². The van der Waals surface area contributed by atoms with Crippen molar-refractivity contribution in [3.05, 3.63) is 30.1 Å². The molecule has 0 aliphatic heterocycles. The lowest BCUT2D eigenvalue weighted by Gasteiger charge is -2.04. The molecular formula is C10H8FNS. The topological polar surface area (TPSA) is 23.8 Å². The molecule has 0 N–H and O–H groups in total. The fourth-order valence-electron chi connectivity index (χ4n) is 1.11. The highest BCUT2D eigenvalue weighted by atomic mass is 32.2. The van der Waals surface area contributed by atoms with Gasteiger partial charge in [-0.1, -0.05) is 6.07 Å². The van der Waals surface area contributed by atoms with Crippen molar-refractivity contribution >= 4 is 11.8 Å². The molecule has 0 saturated heterocycles. The summed E-state index contributed by atoms with van der Waals surface area (Å²) in [5.74, 6) is -0.237. The van der Waals surface area contributed by atoms with E-state index in [-0.39, 0.29) is 10.6 Å². The first-order chi connectivity index (χ1) is 6.24. The first-order valence-corrected chi connectivity index (χ1v) is 4.92. The number of thioether (sulfide) groups is 1. The molecule has 1 saturated carbocycles. The van der Waals surface area contributed by atoms with Crippen LogP contribution >= 0.6 is 11.8 Å². The number of hydrogen-bond acceptors (Lipinski definition) is 2. The van der Waals surface area contributed by atoms with E-state index in [9.17, 15) is 4.39 Å². The van der Waals surface area contributed by atoms with Crippen LogP contribution in [0.1, 0.15) is 12.8 Å². The minimum absolute atomic E-state index is 0.237. The van der Waals surface area contributed by atoms with E-state index in [4.69, 9.17) is 5.26 Å². The van der Waals surface area contributed by atoms with Crippen molar-refractivity contribution in [1.82, 2.24) is 0 Å². The third kappa shape index (κ3) is 1.84. The Balaban J connectivity index is 2.15. The van der Waals surface area contributed by atoms with E-state index >= 15 is 0 Å². The summed E-state index contributed by atoms with van der Waals surface area (Å²) >= 11 is 1.47. The second kappa shape index (κ2) is 3.04. The zero-order valence-corrected chi connectivity index (χ0v) is 7.77. The summed E-state index contributed by atoms with van der Waals surface area (Å²) in [4.78, 5) is 0.846. The highest BCUT2D eigenvalue weighted by molar-refractivity contribution is 8.01. The highest BCUT2D eigenvalue weighted by Gasteiger charge is 2.44. The zero-order chi connectivity index (χ0) is 9.31. The number of nitrogens with zero attached hydrogens (tertiary/aromatic N) is 1. The van der Waals surface area contributed by atoms with E-state index < -0.39 is 0 Å². The minimum Gasteiger partial charge on any atom is -0.207 e. The van der Waals surface area contributed by atoms with Crippen molar-refractivity contribution in [3.63, 3.8) is 0 Å². The van der Waals surface area contributed by atoms with Crippen molar-refractivity contribution in [2.24, 2.45) is 0 Å². The van der Waals surface area contributed by atoms with Gasteiger partial charge in [-0.15, -0.1) is 11.8 Å². The minimum atomic E-state index is -0.256. The Morgan fingerprint density at radius 2 is 2.23 bits per heavy atom. The molecular weight excluding hydrogens is 185 g/mol. The molecule has 1 nitrogen and oxygen atoms in total. The van der Waals surface area contributed by atoms with E-state index in [0.29, 0.717) is 0 Å². The van der Waals surface area contributed by atoms with Crippen LogP contribution in [0, 0.1) is 17.1 Å². The summed E-state index contributed by atoms with van der Waals surface area (Å²) in [6, 6.07) is 8.66. The van der Waals surface area contributed by atoms with Crippen LogP contribution in [0.15, 0.2) is 29.2 Å². The molecule has 0 radical (unpaired) electrons. The van der Waals surface area contributed by atoms with E-state index in [0.717, 1.165) is 17.7 Å². The third-order valence-corrected chi connectivity index (χ3v) is 3.40. The summed E-state index contributed by atoms with van der Waals surface area (Å²) in [6.45, 7) is 0. The molecule has 0 spiro atoms. The quantitative estimate of drug-likeness (QED) is 0.721. The Morgan fingerprint density at radius 1 is 1.46 bits per heavy atom. The lowest BCUT2D eigenvalue weighted by Crippen LogP contribution is -1.96. The molecule has 0 amide bonds. The molecule has 1 fully saturated rings. The Hall–Kier alpha value is -1.01. The molecule has 1 aliphatic carbocycles. The Labute approximate surface area is 80.6 Å². The zero-order valence-electron chi connectivity index (χ0n) is 6.96. The summed E-state index contributed by atoms with van der Waals surface area (Å²) in [5.41, 5.74) is 0. The average Bonchev–Trinajstić information content (AvgIpc) is 2.86. The number of hydrogen-bond donors (Lipinski definition) is 0. The van der Waals surface area contributed by atoms with Gasteiger partial charge in [-0.3, -0.25) is 0 Å². The summed E-state index contributed by atoms with van der Waals surface area (Å²) in [7, 11) is 0. The normalized spacial score (nSPS) is 17.8. The van der Waals surface area contributed by atoms with E-state index in [1.54, 1.807) is 6.07 Å². The fourth-order valence-corrected chi connectivity index (χ4v) is 2.23. The van der Waals surface area contributed by atoms with Crippen LogP contribution < -0.4 is 0 Å². The van der Waals surface area contributed by atoms with E-state index in [2.05, 4.69) is 6.07 Å². The van der Waals surface area contributed by atoms with Gasteiger partial charge < -0.3 is 0 Å². The van der Waals surface area contributed by atoms with Crippen LogP contribution in [0.5, 0.6) is 0 Å². The maximum absolute atomic E-state index is 12.8. The van der Waals surface area contributed by atoms with Crippen molar-refractivity contribution < 1.29 is 4.39 Å². The molecule has 0 bridgehead atoms. The molecule has 0 unspecified atom stereocenters. The monoisotopic (exact) mass is 193 g/mol. The lowest BCUT2D eigenvalue weighted by molar-refractivity contribution is 0.624. The van der Waals surface area contributed by atoms with Gasteiger partial charge in [-0.2, -0.15) is 5.26 Å². The summed E-state index contributed by atoms with van der Waals surface area (Å²) in [6.07, 6.45) is 1.84. The molecule has 3 heteroatoms. The van der Waals surface area contributed by atoms with Crippen LogP contribution in [0.4, 0.5) is 4.39 Å². The van der Waals surface area contributed by atoms with Gasteiger partial charge in [-0.05, 0) is 31.0 Å². The molecule has 1 aliphatic rings. The second-order valence-corrected chi connectivity index (χ2v) is 4.62. The fraction of sp³-hybridized carbons (Fsp3) is 0.300. The second-order valence-electron chi connectivity index (χ2n) is 3.17. The van der Waals surface area contributed by atoms with Gasteiger partial charge in [0.1, 0.15) is 10.6 Å². The first kappa shape index (κ1) is 8.58. The van der Waals surface area contributed by atoms with Crippen molar-refractivity contribution in [3.8, 4) is 6.07 Å². The van der Waals surface area contributed by atoms with Gasteiger partial charge in [-0.25, -0.2) is 4.39 Å². The highest BCUT2D eigenvalue weighted by Crippen LogP contribution is 2.51. The van der Waals surface area contributed by atoms with Gasteiger partial charge in [0.15, 0.2) is 0 Å². The molecule has 1 aromatic carbocycles. The number of rotatable bonds is 2. The van der Waals surface area contributed by atoms with Gasteiger partial charge >= 0.3 is 0 Å². The third-order valence-electron chi connectivity index (χ3n) is 2.02. The Kier molecular flexibility index (Phi) is 2.01. The van der Waals surface area contributed by atoms with Gasteiger partial charge in [0, 0.05) is 4.90 Å². The maximum Gasteiger partial charge on any atom is 0.124 e. The maximum atomic E-state index is 12.8. The van der Waals surface area contributed by atoms with Gasteiger partial charge in [0.05, 0.1) is 6.07 Å². The molecule has 13 heavy (non-hydrogen) atoms.